The lowest BCUT2D eigenvalue weighted by atomic mass is 9.59. The molecule has 0 aromatic heterocycles. The molecule has 1 aliphatic carbocycles. The zero-order valence-electron chi connectivity index (χ0n) is 24.1. The Bertz CT molecular complexity index is 1320. The minimum Gasteiger partial charge on any atom is -0.497 e. The molecule has 2 saturated heterocycles. The summed E-state index contributed by atoms with van der Waals surface area (Å²) in [5.41, 5.74) is 11.9. The molecule has 210 valence electrons. The van der Waals surface area contributed by atoms with Gasteiger partial charge in [-0.05, 0) is 71.8 Å². The number of anilines is 1. The maximum Gasteiger partial charge on any atom is 0.248 e. The van der Waals surface area contributed by atoms with Crippen molar-refractivity contribution in [1.29, 1.82) is 0 Å². The lowest BCUT2D eigenvalue weighted by molar-refractivity contribution is -0.0647. The minimum absolute atomic E-state index is 0.369. The minimum atomic E-state index is -0.369. The summed E-state index contributed by atoms with van der Waals surface area (Å²) in [6, 6.07) is 26.4. The van der Waals surface area contributed by atoms with E-state index >= 15 is 0 Å². The molecule has 3 aromatic carbocycles. The highest BCUT2D eigenvalue weighted by Gasteiger charge is 2.55. The Kier molecular flexibility index (Phi) is 7.32. The summed E-state index contributed by atoms with van der Waals surface area (Å²) in [4.78, 5) is 19.3. The first-order chi connectivity index (χ1) is 19.3. The number of hydrogen-bond acceptors (Lipinski definition) is 5. The zero-order valence-corrected chi connectivity index (χ0v) is 24.1. The second-order valence-electron chi connectivity index (χ2n) is 12.4. The predicted molar refractivity (Wildman–Crippen MR) is 161 cm³/mol. The molecule has 6 heteroatoms. The van der Waals surface area contributed by atoms with Crippen LogP contribution in [0.3, 0.4) is 0 Å². The average Bonchev–Trinajstić information content (AvgIpc) is 2.92. The van der Waals surface area contributed by atoms with Crippen molar-refractivity contribution in [2.75, 3.05) is 44.7 Å². The smallest absolute Gasteiger partial charge is 0.248 e. The van der Waals surface area contributed by atoms with Gasteiger partial charge in [0.25, 0.3) is 0 Å². The van der Waals surface area contributed by atoms with Gasteiger partial charge in [-0.15, -0.1) is 0 Å². The van der Waals surface area contributed by atoms with Crippen LogP contribution in [0.1, 0.15) is 65.7 Å². The number of methoxy groups -OCH3 is 1. The number of hydrogen-bond donors (Lipinski definition) is 1. The highest BCUT2D eigenvalue weighted by atomic mass is 16.5. The summed E-state index contributed by atoms with van der Waals surface area (Å²) in [6.45, 7) is 11.1. The van der Waals surface area contributed by atoms with Crippen LogP contribution in [-0.4, -0.2) is 61.6 Å². The van der Waals surface area contributed by atoms with E-state index in [0.717, 1.165) is 45.0 Å². The third-order valence-corrected chi connectivity index (χ3v) is 9.42. The molecule has 0 radical (unpaired) electrons. The molecule has 1 atom stereocenters. The number of nitrogens with zero attached hydrogens (tertiary/aromatic N) is 3. The van der Waals surface area contributed by atoms with Crippen molar-refractivity contribution in [2.24, 2.45) is 11.1 Å². The molecule has 1 saturated carbocycles. The number of primary amides is 1. The topological polar surface area (TPSA) is 62.0 Å². The van der Waals surface area contributed by atoms with Gasteiger partial charge < -0.3 is 15.4 Å². The van der Waals surface area contributed by atoms with Gasteiger partial charge in [0.15, 0.2) is 0 Å². The summed E-state index contributed by atoms with van der Waals surface area (Å²) < 4.78 is 5.36. The molecule has 40 heavy (non-hydrogen) atoms. The molecule has 0 bridgehead atoms. The third kappa shape index (κ3) is 5.23. The van der Waals surface area contributed by atoms with Gasteiger partial charge in [0.05, 0.1) is 7.11 Å². The lowest BCUT2D eigenvalue weighted by Gasteiger charge is -2.63. The SMILES string of the molecule is COc1ccc(CN2CCN(C3CC4(C3)CN(c3ccc(C(N)=O)cc3)C4)[C@@H](c3ccccc3C(C)C)C2)cc1. The van der Waals surface area contributed by atoms with Crippen LogP contribution in [0.5, 0.6) is 5.75 Å². The molecule has 6 nitrogen and oxygen atoms in total. The third-order valence-electron chi connectivity index (χ3n) is 9.42. The van der Waals surface area contributed by atoms with E-state index in [9.17, 15) is 4.79 Å². The number of amides is 1. The Labute approximate surface area is 238 Å². The van der Waals surface area contributed by atoms with E-state index in [1.807, 2.05) is 24.3 Å². The second-order valence-corrected chi connectivity index (χ2v) is 12.4. The fourth-order valence-electron chi connectivity index (χ4n) is 7.26. The van der Waals surface area contributed by atoms with E-state index in [1.54, 1.807) is 7.11 Å². The van der Waals surface area contributed by atoms with E-state index in [0.29, 0.717) is 29.0 Å². The van der Waals surface area contributed by atoms with E-state index in [1.165, 1.54) is 35.2 Å². The molecule has 1 amide bonds. The van der Waals surface area contributed by atoms with E-state index in [4.69, 9.17) is 10.5 Å². The summed E-state index contributed by atoms with van der Waals surface area (Å²) in [7, 11) is 1.72. The van der Waals surface area contributed by atoms with Gasteiger partial charge in [-0.25, -0.2) is 0 Å². The molecule has 0 unspecified atom stereocenters. The molecule has 6 rings (SSSR count). The Hall–Kier alpha value is -3.35. The first-order valence-electron chi connectivity index (χ1n) is 14.7. The van der Waals surface area contributed by atoms with Crippen molar-refractivity contribution in [2.45, 2.75) is 51.2 Å². The molecule has 2 aliphatic heterocycles. The van der Waals surface area contributed by atoms with Crippen LogP contribution in [0, 0.1) is 5.41 Å². The highest BCUT2D eigenvalue weighted by Crippen LogP contribution is 2.53. The number of carbonyl (C=O) groups is 1. The number of carbonyl (C=O) groups excluding carboxylic acids is 1. The monoisotopic (exact) mass is 538 g/mol. The summed E-state index contributed by atoms with van der Waals surface area (Å²) >= 11 is 0. The van der Waals surface area contributed by atoms with Crippen molar-refractivity contribution in [3.8, 4) is 5.75 Å². The summed E-state index contributed by atoms with van der Waals surface area (Å²) in [6.07, 6.45) is 2.53. The van der Waals surface area contributed by atoms with Gasteiger partial charge >= 0.3 is 0 Å². The fraction of sp³-hybridized carbons (Fsp3) is 0.441. The molecule has 2 N–H and O–H groups in total. The van der Waals surface area contributed by atoms with Crippen molar-refractivity contribution in [3.63, 3.8) is 0 Å². The fourth-order valence-corrected chi connectivity index (χ4v) is 7.26. The number of nitrogens with two attached hydrogens (primary N) is 1. The summed E-state index contributed by atoms with van der Waals surface area (Å²) in [5, 5.41) is 0. The van der Waals surface area contributed by atoms with Crippen LogP contribution < -0.4 is 15.4 Å². The van der Waals surface area contributed by atoms with Gasteiger partial charge in [0.2, 0.25) is 5.91 Å². The quantitative estimate of drug-likeness (QED) is 0.414. The maximum atomic E-state index is 11.4. The standard InChI is InChI=1S/C34H42N4O2/c1-24(2)30-6-4-5-7-31(30)32-21-36(20-25-8-14-29(40-3)15-9-25)16-17-38(32)28-18-34(19-28)22-37(23-34)27-12-10-26(11-13-27)33(35)39/h4-15,24,28,32H,16-23H2,1-3H3,(H2,35,39)/t32-/m1/s1. The van der Waals surface area contributed by atoms with Gasteiger partial charge in [0.1, 0.15) is 5.75 Å². The first-order valence-corrected chi connectivity index (χ1v) is 14.7. The second kappa shape index (κ2) is 10.9. The van der Waals surface area contributed by atoms with Crippen molar-refractivity contribution in [3.05, 3.63) is 95.1 Å². The molecule has 3 fully saturated rings. The van der Waals surface area contributed by atoms with Crippen molar-refractivity contribution < 1.29 is 9.53 Å². The summed E-state index contributed by atoms with van der Waals surface area (Å²) in [5.74, 6) is 1.04. The van der Waals surface area contributed by atoms with Crippen molar-refractivity contribution in [1.82, 2.24) is 9.80 Å². The first kappa shape index (κ1) is 26.9. The molecule has 3 aliphatic rings. The number of ether oxygens (including phenoxy) is 1. The zero-order chi connectivity index (χ0) is 27.9. The van der Waals surface area contributed by atoms with Crippen LogP contribution in [0.25, 0.3) is 0 Å². The predicted octanol–water partition coefficient (Wildman–Crippen LogP) is 5.45. The molecular weight excluding hydrogens is 496 g/mol. The average molecular weight is 539 g/mol. The molecule has 3 aromatic rings. The van der Waals surface area contributed by atoms with Gasteiger partial charge in [-0.3, -0.25) is 14.6 Å². The van der Waals surface area contributed by atoms with Crippen molar-refractivity contribution >= 4 is 11.6 Å². The highest BCUT2D eigenvalue weighted by molar-refractivity contribution is 5.93. The van der Waals surface area contributed by atoms with Gasteiger partial charge in [-0.1, -0.05) is 50.2 Å². The maximum absolute atomic E-state index is 11.4. The number of rotatable bonds is 8. The van der Waals surface area contributed by atoms with Gasteiger partial charge in [0, 0.05) is 68.0 Å². The van der Waals surface area contributed by atoms with E-state index in [-0.39, 0.29) is 5.91 Å². The molecule has 2 heterocycles. The number of benzene rings is 3. The lowest BCUT2D eigenvalue weighted by Crippen LogP contribution is -2.68. The van der Waals surface area contributed by atoms with Crippen LogP contribution in [0.15, 0.2) is 72.8 Å². The van der Waals surface area contributed by atoms with Gasteiger partial charge in [-0.2, -0.15) is 0 Å². The van der Waals surface area contributed by atoms with E-state index in [2.05, 4.69) is 77.1 Å². The normalized spacial score (nSPS) is 21.3. The van der Waals surface area contributed by atoms with Crippen LogP contribution in [0.2, 0.25) is 0 Å². The van der Waals surface area contributed by atoms with Crippen LogP contribution >= 0.6 is 0 Å². The Morgan fingerprint density at radius 3 is 2.33 bits per heavy atom. The molecule has 1 spiro atoms. The Balaban J connectivity index is 1.14. The van der Waals surface area contributed by atoms with Crippen LogP contribution in [0.4, 0.5) is 5.69 Å². The number of piperazine rings is 1. The van der Waals surface area contributed by atoms with Crippen LogP contribution in [-0.2, 0) is 6.54 Å². The molecular formula is C34H42N4O2. The Morgan fingerprint density at radius 1 is 0.975 bits per heavy atom. The Morgan fingerprint density at radius 2 is 1.68 bits per heavy atom. The van der Waals surface area contributed by atoms with E-state index < -0.39 is 0 Å². The largest absolute Gasteiger partial charge is 0.497 e.